The van der Waals surface area contributed by atoms with Gasteiger partial charge in [0, 0.05) is 19.1 Å². The van der Waals surface area contributed by atoms with Crippen LogP contribution in [0.2, 0.25) is 0 Å². The smallest absolute Gasteiger partial charge is 0.258 e. The molecule has 17 heavy (non-hydrogen) atoms. The third-order valence-corrected chi connectivity index (χ3v) is 3.40. The predicted molar refractivity (Wildman–Crippen MR) is 72.7 cm³/mol. The summed E-state index contributed by atoms with van der Waals surface area (Å²) < 4.78 is 4.07. The molecular weight excluding hydrogens is 236 g/mol. The van der Waals surface area contributed by atoms with Crippen molar-refractivity contribution in [2.24, 2.45) is 0 Å². The van der Waals surface area contributed by atoms with Crippen molar-refractivity contribution in [3.63, 3.8) is 0 Å². The Balaban J connectivity index is 3.06. The molecule has 5 nitrogen and oxygen atoms in total. The molecule has 0 fully saturated rings. The predicted octanol–water partition coefficient (Wildman–Crippen LogP) is 1.71. The molecule has 0 aliphatic heterocycles. The van der Waals surface area contributed by atoms with Gasteiger partial charge in [-0.3, -0.25) is 4.79 Å². The van der Waals surface area contributed by atoms with Crippen molar-refractivity contribution < 1.29 is 4.79 Å². The van der Waals surface area contributed by atoms with E-state index in [1.807, 2.05) is 25.8 Å². The Morgan fingerprint density at radius 1 is 1.41 bits per heavy atom. The molecule has 96 valence electrons. The number of anilines is 2. The fourth-order valence-electron chi connectivity index (χ4n) is 1.32. The maximum absolute atomic E-state index is 12.0. The van der Waals surface area contributed by atoms with Crippen molar-refractivity contribution in [2.75, 3.05) is 17.7 Å². The zero-order valence-corrected chi connectivity index (χ0v) is 11.8. The quantitative estimate of drug-likeness (QED) is 0.860. The summed E-state index contributed by atoms with van der Waals surface area (Å²) in [5.74, 6) is 0.143. The molecule has 0 aliphatic rings. The monoisotopic (exact) mass is 256 g/mol. The molecule has 0 unspecified atom stereocenters. The molecule has 0 saturated carbocycles. The van der Waals surface area contributed by atoms with Crippen molar-refractivity contribution >= 4 is 28.3 Å². The Labute approximate surface area is 106 Å². The van der Waals surface area contributed by atoms with Gasteiger partial charge in [-0.15, -0.1) is 0 Å². The van der Waals surface area contributed by atoms with Crippen LogP contribution in [-0.2, 0) is 0 Å². The van der Waals surface area contributed by atoms with Gasteiger partial charge in [0.2, 0.25) is 0 Å². The Hall–Kier alpha value is -1.30. The highest BCUT2D eigenvalue weighted by Crippen LogP contribution is 2.30. The number of nitrogens with two attached hydrogens (primary N) is 1. The van der Waals surface area contributed by atoms with Gasteiger partial charge in [0.25, 0.3) is 5.91 Å². The first-order valence-electron chi connectivity index (χ1n) is 5.63. The van der Waals surface area contributed by atoms with E-state index in [-0.39, 0.29) is 11.9 Å². The Morgan fingerprint density at radius 2 is 2.00 bits per heavy atom. The van der Waals surface area contributed by atoms with Gasteiger partial charge in [-0.2, -0.15) is 4.37 Å². The van der Waals surface area contributed by atoms with Crippen LogP contribution in [0.1, 0.15) is 38.1 Å². The Kier molecular flexibility index (Phi) is 4.34. The van der Waals surface area contributed by atoms with E-state index in [2.05, 4.69) is 23.5 Å². The van der Waals surface area contributed by atoms with Gasteiger partial charge in [-0.25, -0.2) is 0 Å². The van der Waals surface area contributed by atoms with Gasteiger partial charge in [-0.1, -0.05) is 0 Å². The summed E-state index contributed by atoms with van der Waals surface area (Å²) in [6, 6.07) is 0.374. The van der Waals surface area contributed by atoms with Gasteiger partial charge >= 0.3 is 0 Å². The molecule has 0 spiro atoms. The van der Waals surface area contributed by atoms with Crippen LogP contribution in [0.25, 0.3) is 0 Å². The normalized spacial score (nSPS) is 11.0. The minimum Gasteiger partial charge on any atom is -0.382 e. The van der Waals surface area contributed by atoms with Gasteiger partial charge < -0.3 is 16.0 Å². The average molecular weight is 256 g/mol. The Morgan fingerprint density at radius 3 is 2.47 bits per heavy atom. The standard InChI is InChI=1S/C11H20N4OS/c1-6(2)13-10(16)8-9(12)14-17-11(8)15(5)7(3)4/h6-7H,1-5H3,(H2,12,14)(H,13,16). The van der Waals surface area contributed by atoms with Crippen LogP contribution in [0, 0.1) is 0 Å². The van der Waals surface area contributed by atoms with Gasteiger partial charge in [0.1, 0.15) is 10.6 Å². The van der Waals surface area contributed by atoms with E-state index in [1.165, 1.54) is 11.5 Å². The summed E-state index contributed by atoms with van der Waals surface area (Å²) in [6.45, 7) is 7.94. The molecule has 0 saturated heterocycles. The van der Waals surface area contributed by atoms with Crippen molar-refractivity contribution in [2.45, 2.75) is 39.8 Å². The number of hydrogen-bond donors (Lipinski definition) is 2. The lowest BCUT2D eigenvalue weighted by Crippen LogP contribution is -2.33. The molecule has 0 atom stereocenters. The van der Waals surface area contributed by atoms with Gasteiger partial charge in [-0.05, 0) is 39.2 Å². The maximum Gasteiger partial charge on any atom is 0.258 e. The molecule has 1 aromatic heterocycles. The lowest BCUT2D eigenvalue weighted by molar-refractivity contribution is 0.0945. The summed E-state index contributed by atoms with van der Waals surface area (Å²) >= 11 is 1.26. The molecule has 3 N–H and O–H groups in total. The molecule has 1 heterocycles. The SMILES string of the molecule is CC(C)NC(=O)c1c(N)nsc1N(C)C(C)C. The largest absolute Gasteiger partial charge is 0.382 e. The molecule has 0 bridgehead atoms. The highest BCUT2D eigenvalue weighted by molar-refractivity contribution is 7.11. The highest BCUT2D eigenvalue weighted by Gasteiger charge is 2.23. The lowest BCUT2D eigenvalue weighted by Gasteiger charge is -2.22. The molecule has 1 aromatic rings. The summed E-state index contributed by atoms with van der Waals surface area (Å²) in [7, 11) is 1.93. The van der Waals surface area contributed by atoms with E-state index in [0.717, 1.165) is 5.00 Å². The molecule has 0 aromatic carbocycles. The first-order chi connectivity index (χ1) is 7.84. The molecule has 1 rings (SSSR count). The lowest BCUT2D eigenvalue weighted by atomic mass is 10.2. The third kappa shape index (κ3) is 3.09. The van der Waals surface area contributed by atoms with Crippen LogP contribution in [0.15, 0.2) is 0 Å². The van der Waals surface area contributed by atoms with Crippen LogP contribution in [0.5, 0.6) is 0 Å². The van der Waals surface area contributed by atoms with Gasteiger partial charge in [0.15, 0.2) is 5.82 Å². The number of nitrogens with zero attached hydrogens (tertiary/aromatic N) is 2. The number of rotatable bonds is 4. The topological polar surface area (TPSA) is 71.2 Å². The minimum absolute atomic E-state index is 0.0824. The Bertz CT molecular complexity index is 400. The van der Waals surface area contributed by atoms with Crippen molar-refractivity contribution in [3.05, 3.63) is 5.56 Å². The number of carbonyl (C=O) groups is 1. The van der Waals surface area contributed by atoms with Gasteiger partial charge in [0.05, 0.1) is 0 Å². The molecule has 0 aliphatic carbocycles. The van der Waals surface area contributed by atoms with Crippen molar-refractivity contribution in [3.8, 4) is 0 Å². The van der Waals surface area contributed by atoms with E-state index in [4.69, 9.17) is 5.73 Å². The van der Waals surface area contributed by atoms with Crippen molar-refractivity contribution in [1.82, 2.24) is 9.69 Å². The van der Waals surface area contributed by atoms with Crippen LogP contribution in [-0.4, -0.2) is 29.4 Å². The van der Waals surface area contributed by atoms with E-state index in [9.17, 15) is 4.79 Å². The summed E-state index contributed by atoms with van der Waals surface area (Å²) in [5.41, 5.74) is 6.25. The number of carbonyl (C=O) groups excluding carboxylic acids is 1. The van der Waals surface area contributed by atoms with E-state index in [1.54, 1.807) is 0 Å². The molecule has 6 heteroatoms. The van der Waals surface area contributed by atoms with Crippen LogP contribution >= 0.6 is 11.5 Å². The average Bonchev–Trinajstić information content (AvgIpc) is 2.57. The molecular formula is C11H20N4OS. The second-order valence-corrected chi connectivity index (χ2v) is 5.33. The number of hydrogen-bond acceptors (Lipinski definition) is 5. The van der Waals surface area contributed by atoms with E-state index in [0.29, 0.717) is 17.4 Å². The fourth-order valence-corrected chi connectivity index (χ4v) is 2.22. The van der Waals surface area contributed by atoms with Crippen LogP contribution < -0.4 is 16.0 Å². The summed E-state index contributed by atoms with van der Waals surface area (Å²) in [4.78, 5) is 14.0. The van der Waals surface area contributed by atoms with E-state index >= 15 is 0 Å². The maximum atomic E-state index is 12.0. The van der Waals surface area contributed by atoms with Crippen LogP contribution in [0.4, 0.5) is 10.8 Å². The third-order valence-electron chi connectivity index (χ3n) is 2.44. The second kappa shape index (κ2) is 5.35. The van der Waals surface area contributed by atoms with E-state index < -0.39 is 0 Å². The second-order valence-electron chi connectivity index (χ2n) is 4.58. The number of aromatic nitrogens is 1. The zero-order valence-electron chi connectivity index (χ0n) is 10.9. The first-order valence-corrected chi connectivity index (χ1v) is 6.40. The summed E-state index contributed by atoms with van der Waals surface area (Å²) in [5, 5.41) is 3.66. The minimum atomic E-state index is -0.159. The van der Waals surface area contributed by atoms with Crippen LogP contribution in [0.3, 0.4) is 0 Å². The zero-order chi connectivity index (χ0) is 13.2. The summed E-state index contributed by atoms with van der Waals surface area (Å²) in [6.07, 6.45) is 0. The molecule has 0 radical (unpaired) electrons. The number of nitrogen functional groups attached to an aromatic ring is 1. The fraction of sp³-hybridized carbons (Fsp3) is 0.636. The number of nitrogens with one attached hydrogen (secondary N) is 1. The molecule has 1 amide bonds. The highest BCUT2D eigenvalue weighted by atomic mass is 32.1. The number of amides is 1. The first kappa shape index (κ1) is 13.8. The van der Waals surface area contributed by atoms with Crippen molar-refractivity contribution in [1.29, 1.82) is 0 Å².